The van der Waals surface area contributed by atoms with Crippen molar-refractivity contribution in [3.8, 4) is 0 Å². The van der Waals surface area contributed by atoms with E-state index in [0.29, 0.717) is 23.7 Å². The predicted molar refractivity (Wildman–Crippen MR) is 186 cm³/mol. The smallest absolute Gasteiger partial charge is 0.295 e. The molecule has 0 amide bonds. The third kappa shape index (κ3) is 10.6. The Bertz CT molecular complexity index is 1710. The van der Waals surface area contributed by atoms with Crippen molar-refractivity contribution in [2.45, 2.75) is 39.0 Å². The number of nitrogens with zero attached hydrogens (tertiary/aromatic N) is 2. The summed E-state index contributed by atoms with van der Waals surface area (Å²) in [7, 11) is -3.37. The molecular formula is C33H38FIN4O5S. The molecule has 0 aliphatic heterocycles. The van der Waals surface area contributed by atoms with Crippen molar-refractivity contribution in [2.75, 3.05) is 27.0 Å². The van der Waals surface area contributed by atoms with Gasteiger partial charge < -0.3 is 23.7 Å². The van der Waals surface area contributed by atoms with Crippen LogP contribution in [0.4, 0.5) is 21.8 Å². The van der Waals surface area contributed by atoms with E-state index in [1.807, 2.05) is 63.2 Å². The molecule has 0 spiro atoms. The van der Waals surface area contributed by atoms with Gasteiger partial charge in [0.05, 0.1) is 40.9 Å². The Morgan fingerprint density at radius 3 is 2.44 bits per heavy atom. The monoisotopic (exact) mass is 748 g/mol. The number of benzene rings is 3. The molecular weight excluding hydrogens is 710 g/mol. The van der Waals surface area contributed by atoms with Gasteiger partial charge in [-0.15, -0.1) is 0 Å². The highest BCUT2D eigenvalue weighted by Crippen LogP contribution is 2.35. The molecule has 3 aromatic carbocycles. The number of oxazole rings is 1. The molecule has 4 N–H and O–H groups in total. The van der Waals surface area contributed by atoms with Crippen molar-refractivity contribution in [1.82, 2.24) is 4.98 Å². The van der Waals surface area contributed by atoms with Gasteiger partial charge in [-0.3, -0.25) is 4.79 Å². The first-order valence-electron chi connectivity index (χ1n) is 14.2. The summed E-state index contributed by atoms with van der Waals surface area (Å²) in [6.07, 6.45) is 5.55. The van der Waals surface area contributed by atoms with Gasteiger partial charge in [0.25, 0.3) is 12.5 Å². The first kappa shape index (κ1) is 35.6. The van der Waals surface area contributed by atoms with Gasteiger partial charge in [-0.25, -0.2) is 17.8 Å². The van der Waals surface area contributed by atoms with Crippen LogP contribution in [-0.4, -0.2) is 37.8 Å². The normalized spacial score (nSPS) is 12.3. The van der Waals surface area contributed by atoms with Crippen LogP contribution >= 0.6 is 22.9 Å². The number of sulfone groups is 1. The first-order chi connectivity index (χ1) is 21.3. The molecule has 1 heterocycles. The summed E-state index contributed by atoms with van der Waals surface area (Å²) in [5.74, 6) is 0.0113. The number of allylic oxidation sites excluding steroid dienone is 1. The number of para-hydroxylation sites is 2. The van der Waals surface area contributed by atoms with Crippen molar-refractivity contribution in [3.05, 3.63) is 113 Å². The molecule has 1 unspecified atom stereocenters. The van der Waals surface area contributed by atoms with E-state index in [4.69, 9.17) is 20.1 Å². The lowest BCUT2D eigenvalue weighted by Crippen LogP contribution is -2.13. The van der Waals surface area contributed by atoms with Crippen LogP contribution in [0.2, 0.25) is 0 Å². The van der Waals surface area contributed by atoms with Crippen LogP contribution in [0.15, 0.2) is 83.4 Å². The molecule has 0 aliphatic rings. The van der Waals surface area contributed by atoms with E-state index in [2.05, 4.69) is 48.4 Å². The van der Waals surface area contributed by atoms with Gasteiger partial charge in [-0.05, 0) is 47.7 Å². The van der Waals surface area contributed by atoms with E-state index in [-0.39, 0.29) is 29.7 Å². The lowest BCUT2D eigenvalue weighted by atomic mass is 9.90. The number of nitrogens with one attached hydrogen (secondary N) is 1. The Kier molecular flexibility index (Phi) is 13.0. The maximum absolute atomic E-state index is 15.0. The SMILES string of the molecule is CC(C)/C=C(\c1ccc(CS(C)(=O)=O)c(F)c1)c1cccc(C(C)Nc2ncc(CCN(I)c3ccccc3)o2)c1N.O=CO. The zero-order valence-corrected chi connectivity index (χ0v) is 28.5. The van der Waals surface area contributed by atoms with Crippen molar-refractivity contribution < 1.29 is 27.1 Å². The number of carbonyl (C=O) groups is 1. The van der Waals surface area contributed by atoms with Gasteiger partial charge in [0.15, 0.2) is 9.84 Å². The average molecular weight is 749 g/mol. The zero-order valence-electron chi connectivity index (χ0n) is 25.6. The number of anilines is 3. The molecule has 12 heteroatoms. The summed E-state index contributed by atoms with van der Waals surface area (Å²) >= 11 is 2.29. The Balaban J connectivity index is 0.00000177. The highest BCUT2D eigenvalue weighted by atomic mass is 127. The molecule has 0 saturated carbocycles. The Labute approximate surface area is 277 Å². The quantitative estimate of drug-likeness (QED) is 0.0590. The maximum Gasteiger partial charge on any atom is 0.295 e. The van der Waals surface area contributed by atoms with Gasteiger partial charge >= 0.3 is 0 Å². The molecule has 45 heavy (non-hydrogen) atoms. The lowest BCUT2D eigenvalue weighted by Gasteiger charge is -2.20. The summed E-state index contributed by atoms with van der Waals surface area (Å²) in [5, 5.41) is 10.2. The Morgan fingerprint density at radius 1 is 1.13 bits per heavy atom. The van der Waals surface area contributed by atoms with Crippen LogP contribution < -0.4 is 14.2 Å². The predicted octanol–water partition coefficient (Wildman–Crippen LogP) is 7.30. The number of nitrogen functional groups attached to an aromatic ring is 1. The van der Waals surface area contributed by atoms with E-state index in [9.17, 15) is 12.8 Å². The number of hydrogen-bond acceptors (Lipinski definition) is 8. The number of nitrogens with two attached hydrogens (primary N) is 1. The lowest BCUT2D eigenvalue weighted by molar-refractivity contribution is -0.122. The molecule has 4 aromatic rings. The summed E-state index contributed by atoms with van der Waals surface area (Å²) in [5.41, 5.74) is 11.6. The number of aromatic nitrogens is 1. The average Bonchev–Trinajstić information content (AvgIpc) is 3.43. The van der Waals surface area contributed by atoms with Crippen LogP contribution in [0.1, 0.15) is 54.8 Å². The van der Waals surface area contributed by atoms with Crippen LogP contribution in [-0.2, 0) is 26.8 Å². The molecule has 240 valence electrons. The molecule has 0 fully saturated rings. The molecule has 0 saturated heterocycles. The fourth-order valence-electron chi connectivity index (χ4n) is 4.66. The minimum atomic E-state index is -3.37. The minimum absolute atomic E-state index is 0.140. The van der Waals surface area contributed by atoms with Crippen LogP contribution in [0.25, 0.3) is 5.57 Å². The number of rotatable bonds is 12. The highest BCUT2D eigenvalue weighted by molar-refractivity contribution is 14.1. The number of hydrogen-bond donors (Lipinski definition) is 3. The van der Waals surface area contributed by atoms with E-state index in [1.54, 1.807) is 12.3 Å². The molecule has 9 nitrogen and oxygen atoms in total. The molecule has 4 rings (SSSR count). The van der Waals surface area contributed by atoms with Crippen LogP contribution in [0.3, 0.4) is 0 Å². The molecule has 0 radical (unpaired) electrons. The van der Waals surface area contributed by atoms with Gasteiger partial charge in [-0.1, -0.05) is 68.5 Å². The molecule has 1 aromatic heterocycles. The maximum atomic E-state index is 15.0. The van der Waals surface area contributed by atoms with Gasteiger partial charge in [-0.2, -0.15) is 0 Å². The van der Waals surface area contributed by atoms with Crippen molar-refractivity contribution in [3.63, 3.8) is 0 Å². The Hall–Kier alpha value is -3.91. The van der Waals surface area contributed by atoms with Gasteiger partial charge in [0.1, 0.15) is 11.6 Å². The minimum Gasteiger partial charge on any atom is -0.483 e. The molecule has 1 atom stereocenters. The third-order valence-electron chi connectivity index (χ3n) is 6.66. The summed E-state index contributed by atoms with van der Waals surface area (Å²) in [6, 6.07) is 20.7. The molecule has 0 aliphatic carbocycles. The summed E-state index contributed by atoms with van der Waals surface area (Å²) in [6.45, 7) is 6.57. The molecule has 0 bridgehead atoms. The topological polar surface area (TPSA) is 139 Å². The number of carboxylic acid groups (broad SMARTS) is 1. The standard InChI is InChI=1S/C32H36FIN4O3S.CH2O2/c1-21(2)17-29(23-13-14-24(30(33)18-23)20-42(4,39)40)28-12-8-11-27(31(28)35)22(3)37-32-36-19-26(41-32)15-16-38(34)25-9-6-5-7-10-25;2-1-3/h5-14,17-19,21-22H,15-16,20,35H2,1-4H3,(H,36,37);1H,(H,2,3)/b29-17+;. The second kappa shape index (κ2) is 16.4. The van der Waals surface area contributed by atoms with Crippen molar-refractivity contribution >= 4 is 62.1 Å². The third-order valence-corrected chi connectivity index (χ3v) is 8.54. The second-order valence-electron chi connectivity index (χ2n) is 10.8. The first-order valence-corrected chi connectivity index (χ1v) is 17.2. The van der Waals surface area contributed by atoms with E-state index in [0.717, 1.165) is 40.9 Å². The van der Waals surface area contributed by atoms with E-state index >= 15 is 0 Å². The highest BCUT2D eigenvalue weighted by Gasteiger charge is 2.19. The summed E-state index contributed by atoms with van der Waals surface area (Å²) < 4.78 is 46.5. The fourth-order valence-corrected chi connectivity index (χ4v) is 6.03. The van der Waals surface area contributed by atoms with E-state index < -0.39 is 15.7 Å². The van der Waals surface area contributed by atoms with Gasteiger partial charge in [0.2, 0.25) is 0 Å². The summed E-state index contributed by atoms with van der Waals surface area (Å²) in [4.78, 5) is 12.8. The van der Waals surface area contributed by atoms with Crippen molar-refractivity contribution in [2.24, 2.45) is 5.92 Å². The van der Waals surface area contributed by atoms with Crippen LogP contribution in [0, 0.1) is 11.7 Å². The van der Waals surface area contributed by atoms with Crippen molar-refractivity contribution in [1.29, 1.82) is 0 Å². The van der Waals surface area contributed by atoms with E-state index in [1.165, 1.54) is 12.1 Å². The fraction of sp³-hybridized carbons (Fsp3) is 0.273. The number of halogens is 2. The Morgan fingerprint density at radius 2 is 1.82 bits per heavy atom. The van der Waals surface area contributed by atoms with Crippen LogP contribution in [0.5, 0.6) is 0 Å². The zero-order chi connectivity index (χ0) is 33.1. The largest absolute Gasteiger partial charge is 0.483 e. The second-order valence-corrected chi connectivity index (χ2v) is 14.1. The van der Waals surface area contributed by atoms with Gasteiger partial charge in [0, 0.05) is 41.7 Å².